The summed E-state index contributed by atoms with van der Waals surface area (Å²) in [6.45, 7) is 6.48. The number of hydrogen-bond acceptors (Lipinski definition) is 3. The van der Waals surface area contributed by atoms with Gasteiger partial charge in [0.2, 0.25) is 5.91 Å². The smallest absolute Gasteiger partial charge is 0.238 e. The Morgan fingerprint density at radius 3 is 2.65 bits per heavy atom. The minimum absolute atomic E-state index is 0.128. The number of para-hydroxylation sites is 1. The maximum absolute atomic E-state index is 11.8. The van der Waals surface area contributed by atoms with Gasteiger partial charge in [-0.3, -0.25) is 4.79 Å². The number of hydrogen-bond donors (Lipinski definition) is 3. The summed E-state index contributed by atoms with van der Waals surface area (Å²) in [6.07, 6.45) is 0.700. The molecular formula is C15H23BrN2O2. The molecule has 112 valence electrons. The van der Waals surface area contributed by atoms with E-state index in [1.165, 1.54) is 0 Å². The second kappa shape index (κ2) is 7.76. The Balaban J connectivity index is 2.36. The molecule has 4 nitrogen and oxygen atoms in total. The maximum Gasteiger partial charge on any atom is 0.238 e. The third-order valence-electron chi connectivity index (χ3n) is 2.79. The molecule has 3 N–H and O–H groups in total. The number of aliphatic hydroxyl groups is 1. The number of anilines is 1. The third kappa shape index (κ3) is 6.50. The molecule has 0 radical (unpaired) electrons. The highest BCUT2D eigenvalue weighted by Gasteiger charge is 2.21. The lowest BCUT2D eigenvalue weighted by Gasteiger charge is -2.25. The molecular weight excluding hydrogens is 320 g/mol. The highest BCUT2D eigenvalue weighted by atomic mass is 79.9. The third-order valence-corrected chi connectivity index (χ3v) is 3.48. The van der Waals surface area contributed by atoms with Crippen molar-refractivity contribution in [2.45, 2.75) is 32.8 Å². The van der Waals surface area contributed by atoms with Gasteiger partial charge in [-0.15, -0.1) is 0 Å². The lowest BCUT2D eigenvalue weighted by Crippen LogP contribution is -2.41. The van der Waals surface area contributed by atoms with Crippen LogP contribution >= 0.6 is 15.9 Å². The van der Waals surface area contributed by atoms with Gasteiger partial charge >= 0.3 is 0 Å². The molecule has 0 aliphatic rings. The summed E-state index contributed by atoms with van der Waals surface area (Å²) < 4.78 is 0.847. The van der Waals surface area contributed by atoms with Crippen molar-refractivity contribution in [3.05, 3.63) is 28.7 Å². The Bertz CT molecular complexity index is 447. The second-order valence-corrected chi connectivity index (χ2v) is 6.58. The number of rotatable bonds is 7. The quantitative estimate of drug-likeness (QED) is 0.713. The van der Waals surface area contributed by atoms with Crippen LogP contribution in [-0.2, 0) is 4.79 Å². The van der Waals surface area contributed by atoms with Gasteiger partial charge in [0.05, 0.1) is 17.8 Å². The molecule has 1 aromatic carbocycles. The fourth-order valence-corrected chi connectivity index (χ4v) is 2.54. The van der Waals surface area contributed by atoms with Crippen molar-refractivity contribution in [2.75, 3.05) is 18.4 Å². The Morgan fingerprint density at radius 1 is 1.40 bits per heavy atom. The van der Waals surface area contributed by atoms with Crippen molar-refractivity contribution in [1.82, 2.24) is 5.32 Å². The Labute approximate surface area is 129 Å². The Morgan fingerprint density at radius 2 is 2.05 bits per heavy atom. The number of nitrogens with one attached hydrogen (secondary N) is 2. The molecule has 0 fully saturated rings. The van der Waals surface area contributed by atoms with Gasteiger partial charge < -0.3 is 15.7 Å². The average Bonchev–Trinajstić information content (AvgIpc) is 2.30. The fourth-order valence-electron chi connectivity index (χ4n) is 2.15. The molecule has 1 rings (SSSR count). The van der Waals surface area contributed by atoms with E-state index in [9.17, 15) is 9.90 Å². The van der Waals surface area contributed by atoms with E-state index in [0.717, 1.165) is 10.2 Å². The van der Waals surface area contributed by atoms with E-state index in [-0.39, 0.29) is 12.5 Å². The maximum atomic E-state index is 11.8. The van der Waals surface area contributed by atoms with Gasteiger partial charge in [0, 0.05) is 11.0 Å². The number of amides is 1. The zero-order valence-corrected chi connectivity index (χ0v) is 13.8. The van der Waals surface area contributed by atoms with E-state index in [1.807, 2.05) is 24.3 Å². The van der Waals surface area contributed by atoms with Crippen LogP contribution in [0.5, 0.6) is 0 Å². The molecule has 1 aromatic rings. The molecule has 0 heterocycles. The number of carbonyl (C=O) groups is 1. The summed E-state index contributed by atoms with van der Waals surface area (Å²) in [5.74, 6) is 0.290. The van der Waals surface area contributed by atoms with E-state index >= 15 is 0 Å². The van der Waals surface area contributed by atoms with Crippen LogP contribution in [-0.4, -0.2) is 29.7 Å². The number of carbonyl (C=O) groups excluding carboxylic acids is 1. The number of halogens is 1. The summed E-state index contributed by atoms with van der Waals surface area (Å²) in [7, 11) is 0. The molecule has 0 saturated heterocycles. The van der Waals surface area contributed by atoms with Crippen LogP contribution in [0.2, 0.25) is 0 Å². The van der Waals surface area contributed by atoms with Crippen LogP contribution in [0.15, 0.2) is 28.7 Å². The van der Waals surface area contributed by atoms with E-state index in [2.05, 4.69) is 40.4 Å². The predicted molar refractivity (Wildman–Crippen MR) is 85.7 cm³/mol. The molecule has 1 unspecified atom stereocenters. The minimum atomic E-state index is -0.790. The first-order chi connectivity index (χ1) is 9.30. The molecule has 0 aromatic heterocycles. The first kappa shape index (κ1) is 17.1. The zero-order chi connectivity index (χ0) is 15.2. The lowest BCUT2D eigenvalue weighted by atomic mass is 9.94. The summed E-state index contributed by atoms with van der Waals surface area (Å²) in [4.78, 5) is 11.8. The van der Waals surface area contributed by atoms with E-state index in [4.69, 9.17) is 0 Å². The molecule has 0 saturated carbocycles. The highest BCUT2D eigenvalue weighted by molar-refractivity contribution is 9.10. The summed E-state index contributed by atoms with van der Waals surface area (Å²) in [6, 6.07) is 7.45. The van der Waals surface area contributed by atoms with Gasteiger partial charge in [-0.2, -0.15) is 0 Å². The predicted octanol–water partition coefficient (Wildman–Crippen LogP) is 2.77. The topological polar surface area (TPSA) is 61.4 Å². The van der Waals surface area contributed by atoms with Crippen LogP contribution in [0, 0.1) is 5.92 Å². The largest absolute Gasteiger partial charge is 0.389 e. The van der Waals surface area contributed by atoms with Crippen molar-refractivity contribution < 1.29 is 9.90 Å². The summed E-state index contributed by atoms with van der Waals surface area (Å²) >= 11 is 3.38. The van der Waals surface area contributed by atoms with Crippen molar-refractivity contribution in [3.8, 4) is 0 Å². The van der Waals surface area contributed by atoms with Gasteiger partial charge in [-0.25, -0.2) is 0 Å². The van der Waals surface area contributed by atoms with Crippen LogP contribution in [0.1, 0.15) is 27.2 Å². The van der Waals surface area contributed by atoms with Crippen LogP contribution in [0.4, 0.5) is 5.69 Å². The van der Waals surface area contributed by atoms with Crippen LogP contribution in [0.25, 0.3) is 0 Å². The lowest BCUT2D eigenvalue weighted by molar-refractivity contribution is -0.115. The van der Waals surface area contributed by atoms with Gasteiger partial charge in [0.25, 0.3) is 0 Å². The van der Waals surface area contributed by atoms with Crippen molar-refractivity contribution >= 4 is 27.5 Å². The normalized spacial score (nSPS) is 14.1. The fraction of sp³-hybridized carbons (Fsp3) is 0.533. The monoisotopic (exact) mass is 342 g/mol. The summed E-state index contributed by atoms with van der Waals surface area (Å²) in [5.41, 5.74) is -0.0462. The van der Waals surface area contributed by atoms with Crippen LogP contribution in [0.3, 0.4) is 0 Å². The van der Waals surface area contributed by atoms with E-state index in [0.29, 0.717) is 18.9 Å². The van der Waals surface area contributed by atoms with Crippen molar-refractivity contribution in [2.24, 2.45) is 5.92 Å². The Hall–Kier alpha value is -0.910. The molecule has 5 heteroatoms. The van der Waals surface area contributed by atoms with Gasteiger partial charge in [-0.05, 0) is 47.3 Å². The molecule has 0 spiro atoms. The van der Waals surface area contributed by atoms with E-state index in [1.54, 1.807) is 6.92 Å². The zero-order valence-electron chi connectivity index (χ0n) is 12.2. The standard InChI is InChI=1S/C15H23BrN2O2/c1-11(2)8-15(3,20)10-17-9-14(19)18-13-7-5-4-6-12(13)16/h4-7,11,17,20H,8-10H2,1-3H3,(H,18,19). The first-order valence-electron chi connectivity index (χ1n) is 6.77. The average molecular weight is 343 g/mol. The second-order valence-electron chi connectivity index (χ2n) is 5.73. The van der Waals surface area contributed by atoms with E-state index < -0.39 is 5.60 Å². The molecule has 0 aliphatic carbocycles. The molecule has 20 heavy (non-hydrogen) atoms. The van der Waals surface area contributed by atoms with Crippen molar-refractivity contribution in [1.29, 1.82) is 0 Å². The highest BCUT2D eigenvalue weighted by Crippen LogP contribution is 2.20. The molecule has 1 atom stereocenters. The summed E-state index contributed by atoms with van der Waals surface area (Å²) in [5, 5.41) is 15.9. The molecule has 1 amide bonds. The molecule has 0 bridgehead atoms. The molecule has 0 aliphatic heterocycles. The Kier molecular flexibility index (Phi) is 6.65. The minimum Gasteiger partial charge on any atom is -0.389 e. The van der Waals surface area contributed by atoms with Gasteiger partial charge in [-0.1, -0.05) is 26.0 Å². The SMILES string of the molecule is CC(C)CC(C)(O)CNCC(=O)Nc1ccccc1Br. The first-order valence-corrected chi connectivity index (χ1v) is 7.57. The van der Waals surface area contributed by atoms with Gasteiger partial charge in [0.1, 0.15) is 0 Å². The number of benzene rings is 1. The van der Waals surface area contributed by atoms with Crippen LogP contribution < -0.4 is 10.6 Å². The van der Waals surface area contributed by atoms with Gasteiger partial charge in [0.15, 0.2) is 0 Å². The van der Waals surface area contributed by atoms with Crippen molar-refractivity contribution in [3.63, 3.8) is 0 Å².